The van der Waals surface area contributed by atoms with E-state index in [1.54, 1.807) is 6.08 Å². The van der Waals surface area contributed by atoms with E-state index in [9.17, 15) is 14.7 Å². The van der Waals surface area contributed by atoms with Crippen LogP contribution in [0, 0.1) is 0 Å². The Morgan fingerprint density at radius 1 is 0.480 bits per heavy atom. The predicted molar refractivity (Wildman–Crippen MR) is 214 cm³/mol. The summed E-state index contributed by atoms with van der Waals surface area (Å²) in [6.07, 6.45) is 59.6. The normalized spacial score (nSPS) is 13.7. The Hall–Kier alpha value is -3.96. The molecule has 5 nitrogen and oxygen atoms in total. The van der Waals surface area contributed by atoms with Gasteiger partial charge in [-0.05, 0) is 89.9 Å². The minimum absolute atomic E-state index is 0.133. The molecule has 0 aliphatic heterocycles. The van der Waals surface area contributed by atoms with Gasteiger partial charge in [-0.15, -0.1) is 0 Å². The molecular weight excluding hydrogens is 620 g/mol. The maximum atomic E-state index is 12.1. The highest BCUT2D eigenvalue weighted by molar-refractivity contribution is 5.71. The van der Waals surface area contributed by atoms with Crippen molar-refractivity contribution in [1.29, 1.82) is 0 Å². The Labute approximate surface area is 305 Å². The van der Waals surface area contributed by atoms with Crippen molar-refractivity contribution in [3.63, 3.8) is 0 Å². The van der Waals surface area contributed by atoms with Crippen LogP contribution in [0.5, 0.6) is 0 Å². The van der Waals surface area contributed by atoms with Crippen molar-refractivity contribution in [2.45, 2.75) is 123 Å². The van der Waals surface area contributed by atoms with Crippen molar-refractivity contribution in [3.8, 4) is 0 Å². The highest BCUT2D eigenvalue weighted by Gasteiger charge is 2.15. The van der Waals surface area contributed by atoms with E-state index >= 15 is 0 Å². The molecule has 0 aliphatic rings. The van der Waals surface area contributed by atoms with Gasteiger partial charge in [0.05, 0.1) is 13.0 Å². The first kappa shape index (κ1) is 46.0. The minimum Gasteiger partial charge on any atom is -0.461 e. The number of hydrogen-bond acceptors (Lipinski definition) is 5. The fourth-order valence-corrected chi connectivity index (χ4v) is 4.22. The standard InChI is InChI=1S/C45H66O5/c1-3-5-7-9-11-13-15-17-19-20-21-22-23-24-26-28-30-32-34-36-38-40-45(48)50-43(41-46)42-49-44(47)39-37-35-33-31-29-27-25-18-16-14-12-10-8-6-4-2/h5-8,11-14,17-19,21-22,24-26,29-32,35,37,43,46H,3-4,9-10,15-16,20,23,27-28,33-34,36,38-42H2,1-2H3/b7-5-,8-6-,13-11-,14-12-,19-17-,22-21-,25-18-,26-24-,31-29-,32-30-,37-35-. The van der Waals surface area contributed by atoms with Crippen molar-refractivity contribution in [2.75, 3.05) is 13.2 Å². The van der Waals surface area contributed by atoms with Crippen LogP contribution in [-0.2, 0) is 19.1 Å². The van der Waals surface area contributed by atoms with Gasteiger partial charge in [-0.25, -0.2) is 0 Å². The molecule has 1 N–H and O–H groups in total. The molecule has 0 aromatic carbocycles. The molecule has 0 aliphatic carbocycles. The summed E-state index contributed by atoms with van der Waals surface area (Å²) in [6, 6.07) is 0. The van der Waals surface area contributed by atoms with E-state index in [4.69, 9.17) is 9.47 Å². The lowest BCUT2D eigenvalue weighted by Gasteiger charge is -2.15. The van der Waals surface area contributed by atoms with E-state index in [2.05, 4.69) is 135 Å². The lowest BCUT2D eigenvalue weighted by atomic mass is 10.2. The van der Waals surface area contributed by atoms with E-state index < -0.39 is 12.1 Å². The largest absolute Gasteiger partial charge is 0.461 e. The topological polar surface area (TPSA) is 72.8 Å². The molecule has 0 bridgehead atoms. The molecule has 1 atom stereocenters. The summed E-state index contributed by atoms with van der Waals surface area (Å²) in [6.45, 7) is 3.74. The summed E-state index contributed by atoms with van der Waals surface area (Å²) in [4.78, 5) is 24.2. The number of aliphatic hydroxyl groups is 1. The van der Waals surface area contributed by atoms with Crippen LogP contribution in [0.3, 0.4) is 0 Å². The van der Waals surface area contributed by atoms with Gasteiger partial charge >= 0.3 is 11.9 Å². The van der Waals surface area contributed by atoms with Crippen LogP contribution in [-0.4, -0.2) is 36.4 Å². The quantitative estimate of drug-likeness (QED) is 0.0446. The van der Waals surface area contributed by atoms with Crippen LogP contribution >= 0.6 is 0 Å². The van der Waals surface area contributed by atoms with Crippen LogP contribution in [0.4, 0.5) is 0 Å². The van der Waals surface area contributed by atoms with Crippen LogP contribution in [0.2, 0.25) is 0 Å². The number of carbonyl (C=O) groups excluding carboxylic acids is 2. The highest BCUT2D eigenvalue weighted by atomic mass is 16.6. The van der Waals surface area contributed by atoms with Gasteiger partial charge in [-0.1, -0.05) is 148 Å². The van der Waals surface area contributed by atoms with E-state index in [-0.39, 0.29) is 32.0 Å². The second kappa shape index (κ2) is 39.5. The maximum absolute atomic E-state index is 12.1. The molecule has 0 saturated carbocycles. The predicted octanol–water partition coefficient (Wildman–Crippen LogP) is 11.8. The Morgan fingerprint density at radius 3 is 1.22 bits per heavy atom. The summed E-state index contributed by atoms with van der Waals surface area (Å²) in [5, 5.41) is 9.53. The van der Waals surface area contributed by atoms with Gasteiger partial charge < -0.3 is 14.6 Å². The minimum atomic E-state index is -0.844. The summed E-state index contributed by atoms with van der Waals surface area (Å²) < 4.78 is 10.5. The zero-order valence-electron chi connectivity index (χ0n) is 31.1. The average molecular weight is 687 g/mol. The van der Waals surface area contributed by atoms with Gasteiger partial charge in [0.15, 0.2) is 6.10 Å². The number of hydrogen-bond donors (Lipinski definition) is 1. The van der Waals surface area contributed by atoms with Gasteiger partial charge in [0.2, 0.25) is 0 Å². The van der Waals surface area contributed by atoms with E-state index in [0.717, 1.165) is 83.5 Å². The molecule has 0 heterocycles. The van der Waals surface area contributed by atoms with Crippen LogP contribution in [0.25, 0.3) is 0 Å². The number of unbranched alkanes of at least 4 members (excludes halogenated alkanes) is 2. The summed E-state index contributed by atoms with van der Waals surface area (Å²) in [7, 11) is 0. The number of aliphatic hydroxyl groups excluding tert-OH is 1. The maximum Gasteiger partial charge on any atom is 0.309 e. The molecule has 0 amide bonds. The fraction of sp³-hybridized carbons (Fsp3) is 0.467. The fourth-order valence-electron chi connectivity index (χ4n) is 4.22. The average Bonchev–Trinajstić information content (AvgIpc) is 3.12. The summed E-state index contributed by atoms with van der Waals surface area (Å²) in [5.74, 6) is -0.807. The van der Waals surface area contributed by atoms with Gasteiger partial charge in [0.1, 0.15) is 6.61 Å². The third-order valence-electron chi connectivity index (χ3n) is 6.97. The molecule has 0 saturated heterocycles. The Kier molecular flexibility index (Phi) is 36.4. The molecular formula is C45H66O5. The zero-order chi connectivity index (χ0) is 36.4. The molecule has 276 valence electrons. The number of ether oxygens (including phenoxy) is 2. The molecule has 5 heteroatoms. The van der Waals surface area contributed by atoms with Crippen LogP contribution in [0.1, 0.15) is 117 Å². The Morgan fingerprint density at radius 2 is 0.840 bits per heavy atom. The van der Waals surface area contributed by atoms with Crippen LogP contribution in [0.15, 0.2) is 134 Å². The number of allylic oxidation sites excluding steroid dienone is 21. The molecule has 1 unspecified atom stereocenters. The third kappa shape index (κ3) is 36.9. The summed E-state index contributed by atoms with van der Waals surface area (Å²) in [5.41, 5.74) is 0. The molecule has 50 heavy (non-hydrogen) atoms. The van der Waals surface area contributed by atoms with Crippen LogP contribution < -0.4 is 0 Å². The Balaban J connectivity index is 3.85. The van der Waals surface area contributed by atoms with Gasteiger partial charge in [0.25, 0.3) is 0 Å². The van der Waals surface area contributed by atoms with Crippen molar-refractivity contribution < 1.29 is 24.2 Å². The first-order chi connectivity index (χ1) is 24.6. The first-order valence-electron chi connectivity index (χ1n) is 18.7. The van der Waals surface area contributed by atoms with Crippen molar-refractivity contribution in [1.82, 2.24) is 0 Å². The lowest BCUT2D eigenvalue weighted by molar-refractivity contribution is -0.161. The highest BCUT2D eigenvalue weighted by Crippen LogP contribution is 2.06. The molecule has 0 spiro atoms. The lowest BCUT2D eigenvalue weighted by Crippen LogP contribution is -2.28. The SMILES string of the molecule is CC/C=C\C/C=C\C/C=C\C/C=C\C/C=C\C/C=C\CCCCC(=O)OC(CO)COC(=O)C/C=C\C/C=C\C/C=C\C/C=C\C/C=C\CC. The van der Waals surface area contributed by atoms with E-state index in [0.29, 0.717) is 6.42 Å². The molecule has 0 aromatic rings. The van der Waals surface area contributed by atoms with Gasteiger partial charge in [-0.2, -0.15) is 0 Å². The van der Waals surface area contributed by atoms with E-state index in [1.165, 1.54) is 0 Å². The number of carbonyl (C=O) groups is 2. The second-order valence-electron chi connectivity index (χ2n) is 11.6. The van der Waals surface area contributed by atoms with E-state index in [1.807, 2.05) is 6.08 Å². The molecule has 0 fully saturated rings. The monoisotopic (exact) mass is 686 g/mol. The molecule has 0 aromatic heterocycles. The second-order valence-corrected chi connectivity index (χ2v) is 11.6. The van der Waals surface area contributed by atoms with Crippen molar-refractivity contribution >= 4 is 11.9 Å². The van der Waals surface area contributed by atoms with Crippen molar-refractivity contribution in [2.24, 2.45) is 0 Å². The number of esters is 2. The first-order valence-corrected chi connectivity index (χ1v) is 18.7. The molecule has 0 rings (SSSR count). The molecule has 0 radical (unpaired) electrons. The zero-order valence-corrected chi connectivity index (χ0v) is 31.1. The Bertz CT molecular complexity index is 1140. The van der Waals surface area contributed by atoms with Gasteiger partial charge in [-0.3, -0.25) is 9.59 Å². The third-order valence-corrected chi connectivity index (χ3v) is 6.97. The smallest absolute Gasteiger partial charge is 0.309 e. The summed E-state index contributed by atoms with van der Waals surface area (Å²) >= 11 is 0. The number of rotatable bonds is 31. The van der Waals surface area contributed by atoms with Crippen molar-refractivity contribution in [3.05, 3.63) is 134 Å². The van der Waals surface area contributed by atoms with Gasteiger partial charge in [0, 0.05) is 6.42 Å².